The minimum atomic E-state index is -1.98. The normalized spacial score (nSPS) is 10.1. The third-order valence-electron chi connectivity index (χ3n) is 3.19. The van der Waals surface area contributed by atoms with Crippen molar-refractivity contribution in [3.05, 3.63) is 91.0 Å². The molecule has 0 nitrogen and oxygen atoms in total. The number of benzene rings is 3. The molecule has 0 fully saturated rings. The fraction of sp³-hybridized carbons (Fsp3) is 0. The average Bonchev–Trinajstić information content (AvgIpc) is 2.51. The fourth-order valence-electron chi connectivity index (χ4n) is 2.31. The van der Waals surface area contributed by atoms with Crippen LogP contribution in [-0.2, 0) is 0 Å². The molecule has 0 spiro atoms. The van der Waals surface area contributed by atoms with Crippen molar-refractivity contribution < 1.29 is 0 Å². The molecule has 0 bridgehead atoms. The first-order valence-electron chi connectivity index (χ1n) is 6.48. The Morgan fingerprint density at radius 1 is 0.400 bits per heavy atom. The van der Waals surface area contributed by atoms with Gasteiger partial charge < -0.3 is 0 Å². The summed E-state index contributed by atoms with van der Waals surface area (Å²) in [4.78, 5) is 0. The van der Waals surface area contributed by atoms with Crippen LogP contribution in [0.25, 0.3) is 0 Å². The van der Waals surface area contributed by atoms with Crippen molar-refractivity contribution in [3.8, 4) is 0 Å². The Kier molecular flexibility index (Phi) is 5.92. The van der Waals surface area contributed by atoms with E-state index in [9.17, 15) is 0 Å². The summed E-state index contributed by atoms with van der Waals surface area (Å²) in [6.45, 7) is 0. The molecule has 0 aromatic heterocycles. The summed E-state index contributed by atoms with van der Waals surface area (Å²) in [6, 6.07) is 32.9. The Labute approximate surface area is 138 Å². The molecule has 3 aromatic carbocycles. The molecule has 0 amide bonds. The molecule has 2 heteroatoms. The molecule has 5 radical (unpaired) electrons. The van der Waals surface area contributed by atoms with E-state index in [0.717, 1.165) is 0 Å². The van der Waals surface area contributed by atoms with Gasteiger partial charge in [-0.05, 0) is 0 Å². The van der Waals surface area contributed by atoms with Gasteiger partial charge in [0.2, 0.25) is 0 Å². The van der Waals surface area contributed by atoms with Crippen LogP contribution in [0.5, 0.6) is 0 Å². The van der Waals surface area contributed by atoms with E-state index in [-0.39, 0.29) is 17.6 Å². The van der Waals surface area contributed by atoms with Crippen molar-refractivity contribution in [2.45, 2.75) is 0 Å². The number of hydrogen-bond acceptors (Lipinski definition) is 0. The maximum absolute atomic E-state index is 2.29. The summed E-state index contributed by atoms with van der Waals surface area (Å²) in [7, 11) is 0. The van der Waals surface area contributed by atoms with Crippen LogP contribution < -0.4 is 10.7 Å². The van der Waals surface area contributed by atoms with E-state index in [1.54, 1.807) is 0 Å². The summed E-state index contributed by atoms with van der Waals surface area (Å²) >= 11 is -1.98. The van der Waals surface area contributed by atoms with Crippen LogP contribution in [0.2, 0.25) is 0 Å². The molecule has 0 unspecified atom stereocenters. The van der Waals surface area contributed by atoms with Crippen LogP contribution in [0.4, 0.5) is 0 Å². The second-order valence-corrected chi connectivity index (χ2v) is 11.6. The van der Waals surface area contributed by atoms with Gasteiger partial charge in [0.1, 0.15) is 0 Å². The van der Waals surface area contributed by atoms with Crippen molar-refractivity contribution in [2.75, 3.05) is 0 Å². The summed E-state index contributed by atoms with van der Waals surface area (Å²) in [5, 5.41) is 0. The first kappa shape index (κ1) is 15.4. The predicted molar refractivity (Wildman–Crippen MR) is 89.7 cm³/mol. The molecule has 95 valence electrons. The van der Waals surface area contributed by atoms with E-state index in [4.69, 9.17) is 0 Å². The van der Waals surface area contributed by atoms with Crippen molar-refractivity contribution in [3.63, 3.8) is 0 Å². The first-order valence-corrected chi connectivity index (χ1v) is 10.8. The Hall–Kier alpha value is -0.998. The van der Waals surface area contributed by atoms with Crippen molar-refractivity contribution in [1.29, 1.82) is 0 Å². The topological polar surface area (TPSA) is 0 Å². The van der Waals surface area contributed by atoms with E-state index >= 15 is 0 Å². The molecule has 3 rings (SSSR count). The summed E-state index contributed by atoms with van der Waals surface area (Å²) in [6.07, 6.45) is 0. The molecule has 3 aromatic rings. The second-order valence-electron chi connectivity index (χ2n) is 4.47. The molecule has 0 aliphatic heterocycles. The van der Waals surface area contributed by atoms with Crippen LogP contribution in [0.1, 0.15) is 0 Å². The predicted octanol–water partition coefficient (Wildman–Crippen LogP) is 1.82. The second kappa shape index (κ2) is 7.70. The molecule has 0 N–H and O–H groups in total. The van der Waals surface area contributed by atoms with Gasteiger partial charge in [0.15, 0.2) is 0 Å². The zero-order valence-electron chi connectivity index (χ0n) is 11.2. The van der Waals surface area contributed by atoms with E-state index in [0.29, 0.717) is 0 Å². The summed E-state index contributed by atoms with van der Waals surface area (Å²) < 4.78 is 4.59. The van der Waals surface area contributed by atoms with E-state index in [1.807, 2.05) is 0 Å². The molecule has 0 aliphatic rings. The van der Waals surface area contributed by atoms with Crippen LogP contribution in [0, 0.1) is 0 Å². The molecule has 0 heterocycles. The van der Waals surface area contributed by atoms with Gasteiger partial charge in [-0.3, -0.25) is 0 Å². The molecular formula is C18H15GeSn. The van der Waals surface area contributed by atoms with Gasteiger partial charge >= 0.3 is 121 Å². The van der Waals surface area contributed by atoms with Crippen LogP contribution >= 0.6 is 0 Å². The van der Waals surface area contributed by atoms with E-state index in [1.165, 1.54) is 10.7 Å². The Morgan fingerprint density at radius 3 is 0.900 bits per heavy atom. The zero-order chi connectivity index (χ0) is 12.9. The van der Waals surface area contributed by atoms with Crippen molar-refractivity contribution >= 4 is 48.1 Å². The SMILES string of the molecule is [Ge].c1cc[c]([Sn]([c]2ccccc2)[c]2ccccc2)cc1. The third-order valence-corrected chi connectivity index (χ3v) is 11.0. The van der Waals surface area contributed by atoms with Gasteiger partial charge in [-0.25, -0.2) is 0 Å². The van der Waals surface area contributed by atoms with Crippen molar-refractivity contribution in [2.24, 2.45) is 0 Å². The summed E-state index contributed by atoms with van der Waals surface area (Å²) in [5.41, 5.74) is 0. The molecule has 20 heavy (non-hydrogen) atoms. The van der Waals surface area contributed by atoms with Crippen molar-refractivity contribution in [1.82, 2.24) is 0 Å². The molecule has 0 aliphatic carbocycles. The van der Waals surface area contributed by atoms with Crippen LogP contribution in [0.15, 0.2) is 91.0 Å². The maximum atomic E-state index is 2.29. The minimum absolute atomic E-state index is 0. The van der Waals surface area contributed by atoms with E-state index < -0.39 is 19.8 Å². The summed E-state index contributed by atoms with van der Waals surface area (Å²) in [5.74, 6) is 0. The van der Waals surface area contributed by atoms with Gasteiger partial charge in [-0.1, -0.05) is 0 Å². The monoisotopic (exact) mass is 425 g/mol. The average molecular weight is 423 g/mol. The van der Waals surface area contributed by atoms with Crippen LogP contribution in [-0.4, -0.2) is 37.4 Å². The standard InChI is InChI=1S/3C6H5.Ge.Sn/c3*1-2-4-6-5-3-1;;/h3*1-5H;;. The Morgan fingerprint density at radius 2 is 0.650 bits per heavy atom. The number of rotatable bonds is 3. The molecule has 0 saturated carbocycles. The third kappa shape index (κ3) is 3.55. The zero-order valence-corrected chi connectivity index (χ0v) is 16.1. The van der Waals surface area contributed by atoms with Crippen LogP contribution in [0.3, 0.4) is 0 Å². The number of hydrogen-bond donors (Lipinski definition) is 0. The first-order chi connectivity index (χ1) is 9.45. The quantitative estimate of drug-likeness (QED) is 0.565. The Balaban J connectivity index is 0.00000147. The molecular weight excluding hydrogens is 408 g/mol. The van der Waals surface area contributed by atoms with Gasteiger partial charge in [0.05, 0.1) is 0 Å². The van der Waals surface area contributed by atoms with Gasteiger partial charge in [0.25, 0.3) is 0 Å². The van der Waals surface area contributed by atoms with E-state index in [2.05, 4.69) is 91.0 Å². The van der Waals surface area contributed by atoms with Gasteiger partial charge in [0, 0.05) is 17.6 Å². The fourth-order valence-corrected chi connectivity index (χ4v) is 9.67. The Bertz CT molecular complexity index is 529. The molecule has 0 atom stereocenters. The molecule has 0 saturated heterocycles. The van der Waals surface area contributed by atoms with Gasteiger partial charge in [-0.2, -0.15) is 0 Å². The van der Waals surface area contributed by atoms with Gasteiger partial charge in [-0.15, -0.1) is 0 Å².